The summed E-state index contributed by atoms with van der Waals surface area (Å²) in [4.78, 5) is 26.5. The van der Waals surface area contributed by atoms with Crippen molar-refractivity contribution in [2.24, 2.45) is 5.73 Å². The average Bonchev–Trinajstić information content (AvgIpc) is 3.32. The molecule has 0 saturated heterocycles. The average molecular weight is 463 g/mol. The van der Waals surface area contributed by atoms with Gasteiger partial charge in [0.05, 0.1) is 12.8 Å². The van der Waals surface area contributed by atoms with Gasteiger partial charge in [0, 0.05) is 29.4 Å². The number of halogens is 1. The summed E-state index contributed by atoms with van der Waals surface area (Å²) in [6.45, 7) is 0. The zero-order chi connectivity index (χ0) is 23.4. The minimum absolute atomic E-state index is 0.330. The van der Waals surface area contributed by atoms with E-state index in [-0.39, 0.29) is 0 Å². The molecule has 168 valence electrons. The zero-order valence-electron chi connectivity index (χ0n) is 18.0. The number of hydrogen-bond acceptors (Lipinski definition) is 5. The third-order valence-electron chi connectivity index (χ3n) is 5.45. The number of allylic oxidation sites excluding steroid dienone is 2. The molecule has 2 heterocycles. The second-order valence-corrected chi connectivity index (χ2v) is 7.98. The van der Waals surface area contributed by atoms with Gasteiger partial charge in [0.1, 0.15) is 18.0 Å². The van der Waals surface area contributed by atoms with Crippen molar-refractivity contribution in [1.29, 1.82) is 0 Å². The first-order chi connectivity index (χ1) is 16.0. The van der Waals surface area contributed by atoms with Crippen molar-refractivity contribution in [2.45, 2.75) is 18.6 Å². The van der Waals surface area contributed by atoms with Gasteiger partial charge in [-0.3, -0.25) is 9.59 Å². The van der Waals surface area contributed by atoms with Crippen LogP contribution in [-0.4, -0.2) is 39.5 Å². The fraction of sp³-hybridized carbons (Fsp3) is 0.160. The zero-order valence-corrected chi connectivity index (χ0v) is 18.7. The highest BCUT2D eigenvalue weighted by molar-refractivity contribution is 6.37. The Morgan fingerprint density at radius 1 is 1.15 bits per heavy atom. The van der Waals surface area contributed by atoms with Crippen molar-refractivity contribution in [1.82, 2.24) is 14.7 Å². The lowest BCUT2D eigenvalue weighted by molar-refractivity contribution is -0.139. The molecule has 0 aliphatic carbocycles. The number of nitrogens with two attached hydrogens (primary N) is 1. The van der Waals surface area contributed by atoms with Gasteiger partial charge in [-0.25, -0.2) is 4.68 Å². The lowest BCUT2D eigenvalue weighted by atomic mass is 9.99. The standard InChI is InChI=1S/C25H23ClN4O3/c1-33-22-16-18(26)10-11-19(22)20-12-14-30(28-20)23-9-5-6-13-29(23)21(24(31)25(27)32)15-17-7-3-2-4-8-17/h2-14,16,21,23H,15H2,1H3,(H2,27,32). The maximum atomic E-state index is 12.8. The van der Waals surface area contributed by atoms with E-state index in [0.717, 1.165) is 11.1 Å². The molecule has 7 nitrogen and oxygen atoms in total. The van der Waals surface area contributed by atoms with Crippen molar-refractivity contribution in [2.75, 3.05) is 7.11 Å². The molecule has 0 saturated carbocycles. The Bertz CT molecular complexity index is 1220. The molecule has 8 heteroatoms. The van der Waals surface area contributed by atoms with Crippen molar-refractivity contribution >= 4 is 23.3 Å². The van der Waals surface area contributed by atoms with Crippen LogP contribution in [0.4, 0.5) is 0 Å². The fourth-order valence-corrected chi connectivity index (χ4v) is 4.02. The largest absolute Gasteiger partial charge is 0.496 e. The number of rotatable bonds is 8. The van der Waals surface area contributed by atoms with Crippen molar-refractivity contribution in [3.8, 4) is 17.0 Å². The number of ether oxygens (including phenoxy) is 1. The van der Waals surface area contributed by atoms with Gasteiger partial charge >= 0.3 is 0 Å². The van der Waals surface area contributed by atoms with E-state index in [0.29, 0.717) is 22.9 Å². The van der Waals surface area contributed by atoms with E-state index in [1.807, 2.05) is 66.9 Å². The van der Waals surface area contributed by atoms with Crippen molar-refractivity contribution in [3.05, 3.63) is 95.8 Å². The number of amides is 1. The number of primary amides is 1. The summed E-state index contributed by atoms with van der Waals surface area (Å²) in [7, 11) is 1.58. The Labute approximate surface area is 196 Å². The summed E-state index contributed by atoms with van der Waals surface area (Å²) in [6, 6.07) is 15.9. The van der Waals surface area contributed by atoms with E-state index in [4.69, 9.17) is 27.2 Å². The first-order valence-corrected chi connectivity index (χ1v) is 10.7. The number of aromatic nitrogens is 2. The van der Waals surface area contributed by atoms with Gasteiger partial charge in [-0.15, -0.1) is 0 Å². The van der Waals surface area contributed by atoms with Gasteiger partial charge in [-0.1, -0.05) is 48.0 Å². The van der Waals surface area contributed by atoms with Gasteiger partial charge in [-0.2, -0.15) is 5.10 Å². The molecule has 4 rings (SSSR count). The minimum Gasteiger partial charge on any atom is -0.496 e. The summed E-state index contributed by atoms with van der Waals surface area (Å²) in [5.74, 6) is -1.02. The van der Waals surface area contributed by atoms with Crippen LogP contribution in [0.3, 0.4) is 0 Å². The lowest BCUT2D eigenvalue weighted by Gasteiger charge is -2.36. The molecule has 2 aromatic carbocycles. The summed E-state index contributed by atoms with van der Waals surface area (Å²) in [5.41, 5.74) is 7.80. The predicted molar refractivity (Wildman–Crippen MR) is 127 cm³/mol. The number of Topliss-reactive ketones (excluding diaryl/α,β-unsaturated/α-hetero) is 1. The Morgan fingerprint density at radius 2 is 1.94 bits per heavy atom. The molecule has 0 radical (unpaired) electrons. The van der Waals surface area contributed by atoms with Crippen LogP contribution in [0.15, 0.2) is 85.2 Å². The van der Waals surface area contributed by atoms with E-state index < -0.39 is 23.9 Å². The first-order valence-electron chi connectivity index (χ1n) is 10.4. The molecule has 0 fully saturated rings. The van der Waals surface area contributed by atoms with E-state index >= 15 is 0 Å². The van der Waals surface area contributed by atoms with Crippen LogP contribution in [0.25, 0.3) is 11.3 Å². The number of ketones is 1. The van der Waals surface area contributed by atoms with Crippen LogP contribution in [0, 0.1) is 0 Å². The monoisotopic (exact) mass is 462 g/mol. The number of nitrogens with zero attached hydrogens (tertiary/aromatic N) is 3. The third-order valence-corrected chi connectivity index (χ3v) is 5.69. The minimum atomic E-state index is -0.968. The molecule has 3 aromatic rings. The Morgan fingerprint density at radius 3 is 2.67 bits per heavy atom. The summed E-state index contributed by atoms with van der Waals surface area (Å²) in [5, 5.41) is 5.29. The number of benzene rings is 2. The predicted octanol–water partition coefficient (Wildman–Crippen LogP) is 3.76. The molecule has 2 atom stereocenters. The second-order valence-electron chi connectivity index (χ2n) is 7.55. The maximum Gasteiger partial charge on any atom is 0.287 e. The molecule has 1 aromatic heterocycles. The molecule has 33 heavy (non-hydrogen) atoms. The Hall–Kier alpha value is -3.84. The molecular weight excluding hydrogens is 440 g/mol. The highest BCUT2D eigenvalue weighted by Gasteiger charge is 2.33. The van der Waals surface area contributed by atoms with Crippen LogP contribution >= 0.6 is 11.6 Å². The molecule has 2 unspecified atom stereocenters. The number of hydrogen-bond donors (Lipinski definition) is 1. The van der Waals surface area contributed by atoms with Gasteiger partial charge in [-0.05, 0) is 42.0 Å². The quantitative estimate of drug-likeness (QED) is 0.515. The van der Waals surface area contributed by atoms with Crippen LogP contribution in [0.1, 0.15) is 11.7 Å². The van der Waals surface area contributed by atoms with Crippen molar-refractivity contribution in [3.63, 3.8) is 0 Å². The molecule has 0 spiro atoms. The highest BCUT2D eigenvalue weighted by Crippen LogP contribution is 2.32. The van der Waals surface area contributed by atoms with Crippen molar-refractivity contribution < 1.29 is 14.3 Å². The van der Waals surface area contributed by atoms with Gasteiger partial charge < -0.3 is 15.4 Å². The van der Waals surface area contributed by atoms with E-state index in [9.17, 15) is 9.59 Å². The molecule has 2 N–H and O–H groups in total. The van der Waals surface area contributed by atoms with Crippen LogP contribution in [0.2, 0.25) is 5.02 Å². The second kappa shape index (κ2) is 9.75. The maximum absolute atomic E-state index is 12.8. The lowest BCUT2D eigenvalue weighted by Crippen LogP contribution is -2.48. The van der Waals surface area contributed by atoms with Gasteiger partial charge in [0.15, 0.2) is 0 Å². The Balaban J connectivity index is 1.68. The van der Waals surface area contributed by atoms with Gasteiger partial charge in [0.2, 0.25) is 5.78 Å². The molecular formula is C25H23ClN4O3. The summed E-state index contributed by atoms with van der Waals surface area (Å²) < 4.78 is 7.19. The molecule has 0 bridgehead atoms. The number of methoxy groups -OCH3 is 1. The van der Waals surface area contributed by atoms with E-state index in [1.165, 1.54) is 0 Å². The first kappa shape index (κ1) is 22.4. The summed E-state index contributed by atoms with van der Waals surface area (Å²) in [6.07, 6.45) is 9.09. The third kappa shape index (κ3) is 4.83. The van der Waals surface area contributed by atoms with E-state index in [1.54, 1.807) is 35.0 Å². The number of carbonyl (C=O) groups is 2. The normalized spacial score (nSPS) is 15.9. The molecule has 1 amide bonds. The fourth-order valence-electron chi connectivity index (χ4n) is 3.85. The smallest absolute Gasteiger partial charge is 0.287 e. The number of carbonyl (C=O) groups excluding carboxylic acids is 2. The topological polar surface area (TPSA) is 90.5 Å². The molecule has 1 aliphatic rings. The molecule has 1 aliphatic heterocycles. The van der Waals surface area contributed by atoms with Crippen LogP contribution < -0.4 is 10.5 Å². The summed E-state index contributed by atoms with van der Waals surface area (Å²) >= 11 is 6.09. The van der Waals surface area contributed by atoms with Crippen LogP contribution in [-0.2, 0) is 16.0 Å². The van der Waals surface area contributed by atoms with Crippen LogP contribution in [0.5, 0.6) is 5.75 Å². The van der Waals surface area contributed by atoms with Gasteiger partial charge in [0.25, 0.3) is 5.91 Å². The van der Waals surface area contributed by atoms with E-state index in [2.05, 4.69) is 0 Å². The Kier molecular flexibility index (Phi) is 6.60. The SMILES string of the molecule is COc1cc(Cl)ccc1-c1ccn(C2C=CC=CN2C(Cc2ccccc2)C(=O)C(N)=O)n1. The highest BCUT2D eigenvalue weighted by atomic mass is 35.5.